The van der Waals surface area contributed by atoms with Crippen LogP contribution in [0.1, 0.15) is 44.6 Å². The fraction of sp³-hybridized carbons (Fsp3) is 0.440. The number of benzene rings is 2. The van der Waals surface area contributed by atoms with Gasteiger partial charge in [0.2, 0.25) is 21.8 Å². The molecule has 1 aliphatic rings. The standard InChI is InChI=1S/C25H30Cl2N4O6S/c1-17(25(33)28-20-7-4-3-5-8-20)29(15-18-11-12-19(26)13-23(18)27)24(32)16-30(38(2,36)37)21-9-6-10-22(14-21)31(34)35/h6,9-14,17,20H,3-5,7-8,15-16H2,1-2H3,(H,28,33)/t17-/m0/s1. The number of sulfonamides is 1. The van der Waals surface area contributed by atoms with Crippen molar-refractivity contribution < 1.29 is 22.9 Å². The van der Waals surface area contributed by atoms with Crippen LogP contribution in [0.5, 0.6) is 0 Å². The summed E-state index contributed by atoms with van der Waals surface area (Å²) in [5.41, 5.74) is 0.149. The molecule has 1 fully saturated rings. The van der Waals surface area contributed by atoms with E-state index in [0.29, 0.717) is 10.6 Å². The minimum Gasteiger partial charge on any atom is -0.352 e. The van der Waals surface area contributed by atoms with E-state index in [9.17, 15) is 28.1 Å². The van der Waals surface area contributed by atoms with E-state index in [2.05, 4.69) is 5.32 Å². The monoisotopic (exact) mass is 584 g/mol. The van der Waals surface area contributed by atoms with Crippen LogP contribution in [0.4, 0.5) is 11.4 Å². The molecule has 2 amide bonds. The van der Waals surface area contributed by atoms with Crippen LogP contribution in [-0.2, 0) is 26.2 Å². The van der Waals surface area contributed by atoms with Crippen molar-refractivity contribution in [2.45, 2.75) is 57.7 Å². The van der Waals surface area contributed by atoms with Crippen LogP contribution in [0.25, 0.3) is 0 Å². The van der Waals surface area contributed by atoms with Crippen LogP contribution in [0, 0.1) is 10.1 Å². The third-order valence-corrected chi connectivity index (χ3v) is 8.21. The van der Waals surface area contributed by atoms with Gasteiger partial charge in [0.25, 0.3) is 5.69 Å². The lowest BCUT2D eigenvalue weighted by Crippen LogP contribution is -2.53. The molecule has 0 bridgehead atoms. The minimum absolute atomic E-state index is 0.00663. The number of nitro groups is 1. The lowest BCUT2D eigenvalue weighted by molar-refractivity contribution is -0.384. The highest BCUT2D eigenvalue weighted by molar-refractivity contribution is 7.92. The normalized spacial score (nSPS) is 14.9. The number of hydrogen-bond donors (Lipinski definition) is 1. The first-order valence-electron chi connectivity index (χ1n) is 12.1. The molecule has 0 aromatic heterocycles. The summed E-state index contributed by atoms with van der Waals surface area (Å²) in [6, 6.07) is 8.79. The van der Waals surface area contributed by atoms with Crippen LogP contribution in [0.2, 0.25) is 10.0 Å². The van der Waals surface area contributed by atoms with Gasteiger partial charge in [0.15, 0.2) is 0 Å². The molecular weight excluding hydrogens is 555 g/mol. The number of carbonyl (C=O) groups excluding carboxylic acids is 2. The van der Waals surface area contributed by atoms with Gasteiger partial charge in [0.05, 0.1) is 16.9 Å². The van der Waals surface area contributed by atoms with Crippen molar-refractivity contribution in [1.29, 1.82) is 0 Å². The Hall–Kier alpha value is -2.89. The second kappa shape index (κ2) is 12.8. The number of halogens is 2. The maximum absolute atomic E-state index is 13.6. The van der Waals surface area contributed by atoms with Gasteiger partial charge in [0, 0.05) is 34.8 Å². The molecule has 0 aliphatic heterocycles. The zero-order valence-corrected chi connectivity index (χ0v) is 23.4. The number of carbonyl (C=O) groups is 2. The molecule has 1 aliphatic carbocycles. The molecule has 1 atom stereocenters. The quantitative estimate of drug-likeness (QED) is 0.322. The van der Waals surface area contributed by atoms with E-state index in [1.165, 1.54) is 29.2 Å². The number of nitrogens with one attached hydrogen (secondary N) is 1. The fourth-order valence-electron chi connectivity index (χ4n) is 4.36. The predicted octanol–water partition coefficient (Wildman–Crippen LogP) is 4.53. The van der Waals surface area contributed by atoms with Crippen LogP contribution in [0.3, 0.4) is 0 Å². The van der Waals surface area contributed by atoms with Crippen molar-refractivity contribution in [2.24, 2.45) is 0 Å². The fourth-order valence-corrected chi connectivity index (χ4v) is 5.67. The van der Waals surface area contributed by atoms with Gasteiger partial charge < -0.3 is 10.2 Å². The average molecular weight is 586 g/mol. The van der Waals surface area contributed by atoms with Gasteiger partial charge in [-0.05, 0) is 43.5 Å². The van der Waals surface area contributed by atoms with E-state index in [0.717, 1.165) is 48.7 Å². The van der Waals surface area contributed by atoms with Gasteiger partial charge in [-0.3, -0.25) is 24.0 Å². The third kappa shape index (κ3) is 7.81. The number of hydrogen-bond acceptors (Lipinski definition) is 6. The molecule has 2 aromatic rings. The lowest BCUT2D eigenvalue weighted by Gasteiger charge is -2.33. The van der Waals surface area contributed by atoms with Gasteiger partial charge in [-0.25, -0.2) is 8.42 Å². The summed E-state index contributed by atoms with van der Waals surface area (Å²) in [5, 5.41) is 14.9. The molecular formula is C25H30Cl2N4O6S. The Morgan fingerprint density at radius 3 is 2.42 bits per heavy atom. The Morgan fingerprint density at radius 1 is 1.13 bits per heavy atom. The van der Waals surface area contributed by atoms with Crippen molar-refractivity contribution in [3.05, 3.63) is 68.2 Å². The Kier molecular flexibility index (Phi) is 9.97. The molecule has 13 heteroatoms. The van der Waals surface area contributed by atoms with Crippen molar-refractivity contribution in [3.8, 4) is 0 Å². The summed E-state index contributed by atoms with van der Waals surface area (Å²) in [4.78, 5) is 38.7. The SMILES string of the molecule is C[C@@H](C(=O)NC1CCCCC1)N(Cc1ccc(Cl)cc1Cl)C(=O)CN(c1cccc([N+](=O)[O-])c1)S(C)(=O)=O. The van der Waals surface area contributed by atoms with Gasteiger partial charge >= 0.3 is 0 Å². The molecule has 0 spiro atoms. The lowest BCUT2D eigenvalue weighted by atomic mass is 9.95. The highest BCUT2D eigenvalue weighted by Crippen LogP contribution is 2.26. The molecule has 1 N–H and O–H groups in total. The van der Waals surface area contributed by atoms with Crippen molar-refractivity contribution in [2.75, 3.05) is 17.1 Å². The number of rotatable bonds is 10. The number of non-ortho nitro benzene ring substituents is 1. The number of nitrogens with zero attached hydrogens (tertiary/aromatic N) is 3. The minimum atomic E-state index is -4.03. The van der Waals surface area contributed by atoms with Crippen molar-refractivity contribution in [1.82, 2.24) is 10.2 Å². The number of amides is 2. The number of nitro benzene ring substituents is 1. The largest absolute Gasteiger partial charge is 0.352 e. The van der Waals surface area contributed by atoms with Gasteiger partial charge in [-0.2, -0.15) is 0 Å². The molecule has 0 unspecified atom stereocenters. The molecule has 0 radical (unpaired) electrons. The second-order valence-electron chi connectivity index (χ2n) is 9.32. The zero-order valence-electron chi connectivity index (χ0n) is 21.1. The second-order valence-corrected chi connectivity index (χ2v) is 12.1. The predicted molar refractivity (Wildman–Crippen MR) is 147 cm³/mol. The first-order valence-corrected chi connectivity index (χ1v) is 14.7. The summed E-state index contributed by atoms with van der Waals surface area (Å²) in [6.45, 7) is 0.810. The molecule has 206 valence electrons. The van der Waals surface area contributed by atoms with Crippen molar-refractivity contribution in [3.63, 3.8) is 0 Å². The molecule has 0 saturated heterocycles. The Balaban J connectivity index is 1.92. The van der Waals surface area contributed by atoms with Crippen LogP contribution >= 0.6 is 23.2 Å². The highest BCUT2D eigenvalue weighted by Gasteiger charge is 2.32. The average Bonchev–Trinajstić information content (AvgIpc) is 2.86. The van der Waals surface area contributed by atoms with E-state index >= 15 is 0 Å². The van der Waals surface area contributed by atoms with Crippen molar-refractivity contribution >= 4 is 56.4 Å². The third-order valence-electron chi connectivity index (χ3n) is 6.48. The summed E-state index contributed by atoms with van der Waals surface area (Å²) >= 11 is 12.4. The maximum atomic E-state index is 13.6. The molecule has 10 nitrogen and oxygen atoms in total. The molecule has 1 saturated carbocycles. The summed E-state index contributed by atoms with van der Waals surface area (Å²) in [6.07, 6.45) is 5.73. The van der Waals surface area contributed by atoms with Gasteiger partial charge in [-0.15, -0.1) is 0 Å². The zero-order chi connectivity index (χ0) is 28.0. The summed E-state index contributed by atoms with van der Waals surface area (Å²) in [5.74, 6) is -1.05. The van der Waals surface area contributed by atoms with Crippen LogP contribution in [-0.4, -0.2) is 54.9 Å². The van der Waals surface area contributed by atoms with E-state index in [1.54, 1.807) is 19.1 Å². The maximum Gasteiger partial charge on any atom is 0.271 e. The molecule has 38 heavy (non-hydrogen) atoms. The summed E-state index contributed by atoms with van der Waals surface area (Å²) in [7, 11) is -4.03. The molecule has 2 aromatic carbocycles. The highest BCUT2D eigenvalue weighted by atomic mass is 35.5. The Labute approximate surface area is 232 Å². The first-order chi connectivity index (χ1) is 17.9. The Bertz CT molecular complexity index is 1300. The first kappa shape index (κ1) is 29.7. The molecule has 3 rings (SSSR count). The van der Waals surface area contributed by atoms with Crippen LogP contribution in [0.15, 0.2) is 42.5 Å². The summed E-state index contributed by atoms with van der Waals surface area (Å²) < 4.78 is 26.1. The van der Waals surface area contributed by atoms with E-state index in [1.807, 2.05) is 0 Å². The Morgan fingerprint density at radius 2 is 1.82 bits per heavy atom. The van der Waals surface area contributed by atoms with E-state index < -0.39 is 33.4 Å². The topological polar surface area (TPSA) is 130 Å². The van der Waals surface area contributed by atoms with Gasteiger partial charge in [0.1, 0.15) is 12.6 Å². The van der Waals surface area contributed by atoms with Crippen LogP contribution < -0.4 is 9.62 Å². The molecule has 0 heterocycles. The van der Waals surface area contributed by atoms with Gasteiger partial charge in [-0.1, -0.05) is 54.6 Å². The smallest absolute Gasteiger partial charge is 0.271 e. The van der Waals surface area contributed by atoms with E-state index in [4.69, 9.17) is 23.2 Å². The number of anilines is 1. The van der Waals surface area contributed by atoms with E-state index in [-0.39, 0.29) is 34.9 Å².